The van der Waals surface area contributed by atoms with Gasteiger partial charge in [0.15, 0.2) is 0 Å². The number of nitrogens with zero attached hydrogens (tertiary/aromatic N) is 2. The van der Waals surface area contributed by atoms with E-state index in [4.69, 9.17) is 57.4 Å². The van der Waals surface area contributed by atoms with Crippen LogP contribution in [0.25, 0.3) is 0 Å². The van der Waals surface area contributed by atoms with Crippen molar-refractivity contribution in [2.24, 2.45) is 23.7 Å². The zero-order chi connectivity index (χ0) is 50.6. The Kier molecular flexibility index (Phi) is 27.0. The molecule has 15 heteroatoms. The second kappa shape index (κ2) is 32.3. The summed E-state index contributed by atoms with van der Waals surface area (Å²) in [6.07, 6.45) is 13.2. The van der Waals surface area contributed by atoms with Gasteiger partial charge in [-0.15, -0.1) is 0 Å². The van der Waals surface area contributed by atoms with E-state index >= 15 is 0 Å². The molecule has 2 aliphatic carbocycles. The Balaban J connectivity index is 0.000000252. The summed E-state index contributed by atoms with van der Waals surface area (Å²) in [5.74, 6) is 4.89. The molecule has 0 aliphatic heterocycles. The van der Waals surface area contributed by atoms with Crippen LogP contribution in [0.3, 0.4) is 0 Å². The number of ether oxygens (including phenoxy) is 5. The molecule has 374 valence electrons. The van der Waals surface area contributed by atoms with Gasteiger partial charge in [-0.25, -0.2) is 0 Å². The van der Waals surface area contributed by atoms with Gasteiger partial charge in [0.25, 0.3) is 5.91 Å². The average Bonchev–Trinajstić information content (AvgIpc) is 3.38. The molecule has 13 nitrogen and oxygen atoms in total. The Hall–Kier alpha value is -5.54. The quantitative estimate of drug-likeness (QED) is 0.0693. The van der Waals surface area contributed by atoms with Gasteiger partial charge in [-0.1, -0.05) is 48.9 Å². The third kappa shape index (κ3) is 20.1. The molecule has 4 aromatic carbocycles. The molecule has 1 unspecified atom stereocenters. The standard InChI is InChI=1S/C17H14ClNO3.C17H24ClNO3.C11H23NO.C9H10N2O/c1-11(14-7-12(9-19)3-5-16(14)21-2)22-17-6-4-13(10-20)8-15(17)18;1-22-9-8-12-2-4-13(5-3-12)11-19-17(21)14-6-7-16(20)15(18)10-14;1-12-9-11-5-3-10(4-6-11)7-8-13-2;1-11-8-5-7(6-10)3-4-9(8)12-2/h3-8,10-11H,1-2H3;6-7,10,12-13,20H,2-5,8-9,11H2,1H3,(H,19,21);10-12H,3-9H2,1-2H3;3-5,11H,1-2H3. The van der Waals surface area contributed by atoms with Gasteiger partial charge in [-0.2, -0.15) is 10.5 Å². The molecule has 2 fully saturated rings. The highest BCUT2D eigenvalue weighted by Gasteiger charge is 2.22. The summed E-state index contributed by atoms with van der Waals surface area (Å²) in [6, 6.07) is 23.8. The van der Waals surface area contributed by atoms with Crippen molar-refractivity contribution in [3.8, 4) is 35.1 Å². The Morgan fingerprint density at radius 3 is 1.74 bits per heavy atom. The highest BCUT2D eigenvalue weighted by molar-refractivity contribution is 6.32. The Bertz CT molecular complexity index is 2250. The highest BCUT2D eigenvalue weighted by atomic mass is 35.5. The number of nitriles is 2. The lowest BCUT2D eigenvalue weighted by atomic mass is 9.80. The minimum atomic E-state index is -0.372. The van der Waals surface area contributed by atoms with Gasteiger partial charge in [0.05, 0.1) is 53.2 Å². The number of carbonyl (C=O) groups is 2. The molecule has 1 amide bonds. The van der Waals surface area contributed by atoms with Crippen molar-refractivity contribution in [2.75, 3.05) is 74.2 Å². The predicted octanol–water partition coefficient (Wildman–Crippen LogP) is 11.4. The molecule has 0 saturated heterocycles. The molecule has 0 heterocycles. The van der Waals surface area contributed by atoms with Crippen molar-refractivity contribution in [1.29, 1.82) is 10.5 Å². The molecule has 2 aliphatic rings. The van der Waals surface area contributed by atoms with E-state index in [9.17, 15) is 14.7 Å². The van der Waals surface area contributed by atoms with Gasteiger partial charge in [-0.05, 0) is 156 Å². The van der Waals surface area contributed by atoms with E-state index in [1.807, 2.05) is 6.92 Å². The molecule has 6 rings (SSSR count). The third-order valence-electron chi connectivity index (χ3n) is 12.4. The number of methoxy groups -OCH3 is 4. The molecule has 4 aromatic rings. The van der Waals surface area contributed by atoms with Crippen LogP contribution in [0.1, 0.15) is 115 Å². The van der Waals surface area contributed by atoms with Crippen LogP contribution in [0, 0.1) is 46.3 Å². The van der Waals surface area contributed by atoms with E-state index in [1.165, 1.54) is 63.6 Å². The number of hydrogen-bond donors (Lipinski definition) is 4. The fourth-order valence-electron chi connectivity index (χ4n) is 8.33. The lowest BCUT2D eigenvalue weighted by molar-refractivity contribution is 0.0939. The number of amides is 1. The van der Waals surface area contributed by atoms with E-state index in [0.29, 0.717) is 51.2 Å². The largest absolute Gasteiger partial charge is 0.506 e. The summed E-state index contributed by atoms with van der Waals surface area (Å²) in [7, 11) is 10.5. The van der Waals surface area contributed by atoms with Crippen LogP contribution in [-0.4, -0.2) is 86.1 Å². The number of aldehydes is 1. The monoisotopic (exact) mass is 987 g/mol. The number of hydrogen-bond acceptors (Lipinski definition) is 12. The second-order valence-electron chi connectivity index (χ2n) is 17.2. The van der Waals surface area contributed by atoms with E-state index in [2.05, 4.69) is 35.1 Å². The maximum atomic E-state index is 12.1. The molecule has 69 heavy (non-hydrogen) atoms. The van der Waals surface area contributed by atoms with Crippen LogP contribution in [0.2, 0.25) is 10.0 Å². The maximum absolute atomic E-state index is 12.1. The number of halogens is 2. The summed E-state index contributed by atoms with van der Waals surface area (Å²) in [5, 5.41) is 36.7. The average molecular weight is 989 g/mol. The molecule has 0 radical (unpaired) electrons. The van der Waals surface area contributed by atoms with E-state index < -0.39 is 0 Å². The van der Waals surface area contributed by atoms with Gasteiger partial charge in [-0.3, -0.25) is 9.59 Å². The summed E-state index contributed by atoms with van der Waals surface area (Å²) >= 11 is 11.9. The summed E-state index contributed by atoms with van der Waals surface area (Å²) < 4.78 is 26.4. The van der Waals surface area contributed by atoms with Crippen LogP contribution >= 0.6 is 23.2 Å². The SMILES string of the molecule is CNCC1CCC(CCOC)CC1.CNc1cc(C#N)ccc1OC.COCCC1CCC(CNC(=O)c2ccc(O)c(Cl)c2)CC1.COc1ccc(C#N)cc1C(C)Oc1ccc(C=O)cc1Cl. The highest BCUT2D eigenvalue weighted by Crippen LogP contribution is 2.35. The van der Waals surface area contributed by atoms with Gasteiger partial charge in [0, 0.05) is 57.7 Å². The number of carbonyl (C=O) groups excluding carboxylic acids is 2. The topological polar surface area (TPSA) is 184 Å². The second-order valence-corrected chi connectivity index (χ2v) is 18.0. The number of phenolic OH excluding ortho intramolecular Hbond substituents is 1. The Labute approximate surface area is 419 Å². The first kappa shape index (κ1) is 57.8. The number of anilines is 1. The maximum Gasteiger partial charge on any atom is 0.251 e. The number of rotatable bonds is 18. The van der Waals surface area contributed by atoms with Crippen molar-refractivity contribution in [3.63, 3.8) is 0 Å². The molecule has 0 bridgehead atoms. The minimum absolute atomic E-state index is 0.00685. The van der Waals surface area contributed by atoms with E-state index in [1.54, 1.807) is 96.2 Å². The van der Waals surface area contributed by atoms with Gasteiger partial charge >= 0.3 is 0 Å². The zero-order valence-electron chi connectivity index (χ0n) is 41.2. The van der Waals surface area contributed by atoms with E-state index in [-0.39, 0.29) is 22.8 Å². The van der Waals surface area contributed by atoms with Crippen LogP contribution in [0.15, 0.2) is 72.8 Å². The summed E-state index contributed by atoms with van der Waals surface area (Å²) in [4.78, 5) is 22.8. The van der Waals surface area contributed by atoms with Crippen LogP contribution in [0.4, 0.5) is 5.69 Å². The molecule has 4 N–H and O–H groups in total. The van der Waals surface area contributed by atoms with Crippen molar-refractivity contribution in [2.45, 2.75) is 77.2 Å². The molecule has 0 spiro atoms. The molecule has 0 aromatic heterocycles. The number of benzene rings is 4. The number of phenols is 1. The molecule has 2 saturated carbocycles. The summed E-state index contributed by atoms with van der Waals surface area (Å²) in [5.41, 5.74) is 3.69. The van der Waals surface area contributed by atoms with Gasteiger partial charge in [0.1, 0.15) is 35.4 Å². The van der Waals surface area contributed by atoms with Crippen LogP contribution in [0.5, 0.6) is 23.0 Å². The lowest BCUT2D eigenvalue weighted by Gasteiger charge is -2.28. The molecular formula is C54H71Cl2N5O8. The number of nitrogens with one attached hydrogen (secondary N) is 3. The smallest absolute Gasteiger partial charge is 0.251 e. The third-order valence-corrected chi connectivity index (χ3v) is 13.0. The van der Waals surface area contributed by atoms with Crippen molar-refractivity contribution in [1.82, 2.24) is 10.6 Å². The van der Waals surface area contributed by atoms with Gasteiger partial charge in [0.2, 0.25) is 0 Å². The van der Waals surface area contributed by atoms with Crippen molar-refractivity contribution in [3.05, 3.63) is 111 Å². The van der Waals surface area contributed by atoms with Crippen LogP contribution in [-0.2, 0) is 9.47 Å². The van der Waals surface area contributed by atoms with Crippen molar-refractivity contribution < 1.29 is 38.4 Å². The fraction of sp³-hybridized carbons (Fsp3) is 0.481. The first-order chi connectivity index (χ1) is 33.4. The first-order valence-electron chi connectivity index (χ1n) is 23.5. The minimum Gasteiger partial charge on any atom is -0.506 e. The van der Waals surface area contributed by atoms with Crippen molar-refractivity contribution >= 4 is 41.1 Å². The normalized spacial score (nSPS) is 17.5. The Morgan fingerprint density at radius 2 is 1.25 bits per heavy atom. The lowest BCUT2D eigenvalue weighted by Crippen LogP contribution is -2.31. The fourth-order valence-corrected chi connectivity index (χ4v) is 8.74. The summed E-state index contributed by atoms with van der Waals surface area (Å²) in [6.45, 7) is 5.53. The first-order valence-corrected chi connectivity index (χ1v) is 24.3. The molecule has 1 atom stereocenters. The zero-order valence-corrected chi connectivity index (χ0v) is 42.8. The predicted molar refractivity (Wildman–Crippen MR) is 274 cm³/mol. The van der Waals surface area contributed by atoms with Gasteiger partial charge < -0.3 is 44.7 Å². The number of aromatic hydroxyl groups is 1. The van der Waals surface area contributed by atoms with E-state index in [0.717, 1.165) is 73.5 Å². The molecular weight excluding hydrogens is 918 g/mol. The van der Waals surface area contributed by atoms with Crippen LogP contribution < -0.4 is 30.2 Å². The Morgan fingerprint density at radius 1 is 0.710 bits per heavy atom.